The molecule has 1 heterocycles. The van der Waals surface area contributed by atoms with Gasteiger partial charge >= 0.3 is 0 Å². The van der Waals surface area contributed by atoms with Crippen molar-refractivity contribution in [2.45, 2.75) is 6.10 Å². The van der Waals surface area contributed by atoms with Gasteiger partial charge < -0.3 is 15.8 Å². The number of hydrogen-bond donors (Lipinski definition) is 3. The maximum absolute atomic E-state index is 9.56. The van der Waals surface area contributed by atoms with Gasteiger partial charge in [-0.3, -0.25) is 0 Å². The summed E-state index contributed by atoms with van der Waals surface area (Å²) in [5.74, 6) is 0. The molecule has 1 unspecified atom stereocenters. The third kappa shape index (κ3) is 1.50. The van der Waals surface area contributed by atoms with Gasteiger partial charge in [0.2, 0.25) is 0 Å². The topological polar surface area (TPSA) is 62.0 Å². The molecule has 0 fully saturated rings. The monoisotopic (exact) mass is 210 g/mol. The van der Waals surface area contributed by atoms with Gasteiger partial charge in [-0.1, -0.05) is 11.6 Å². The zero-order valence-electron chi connectivity index (χ0n) is 7.50. The molecule has 0 saturated carbocycles. The number of aliphatic hydroxyl groups is 1. The Bertz CT molecular complexity index is 452. The normalized spacial score (nSPS) is 13.4. The van der Waals surface area contributed by atoms with Gasteiger partial charge in [-0.05, 0) is 23.8 Å². The van der Waals surface area contributed by atoms with Crippen LogP contribution >= 0.6 is 11.6 Å². The molecule has 0 aliphatic carbocycles. The molecule has 0 saturated heterocycles. The summed E-state index contributed by atoms with van der Waals surface area (Å²) in [5, 5.41) is 11.1. The van der Waals surface area contributed by atoms with Crippen LogP contribution in [-0.4, -0.2) is 16.6 Å². The quantitative estimate of drug-likeness (QED) is 0.708. The molecule has 4 N–H and O–H groups in total. The highest BCUT2D eigenvalue weighted by atomic mass is 35.5. The fourth-order valence-corrected chi connectivity index (χ4v) is 1.77. The molecule has 0 aliphatic heterocycles. The smallest absolute Gasteiger partial charge is 0.0912 e. The maximum atomic E-state index is 9.56. The number of hydrogen-bond acceptors (Lipinski definition) is 2. The summed E-state index contributed by atoms with van der Waals surface area (Å²) >= 11 is 6.02. The van der Waals surface area contributed by atoms with Crippen molar-refractivity contribution < 1.29 is 5.11 Å². The molecule has 4 heteroatoms. The molecular formula is C10H11ClN2O. The standard InChI is InChI=1S/C10H11ClN2O/c11-8-4-7(9(14)5-12)3-6-1-2-13-10(6)8/h1-4,9,13-14H,5,12H2. The van der Waals surface area contributed by atoms with E-state index in [0.29, 0.717) is 5.02 Å². The van der Waals surface area contributed by atoms with Crippen molar-refractivity contribution >= 4 is 22.5 Å². The summed E-state index contributed by atoms with van der Waals surface area (Å²) in [6.45, 7) is 0.201. The average molecular weight is 211 g/mol. The minimum Gasteiger partial charge on any atom is -0.387 e. The van der Waals surface area contributed by atoms with Crippen molar-refractivity contribution in [3.8, 4) is 0 Å². The molecule has 0 spiro atoms. The van der Waals surface area contributed by atoms with Crippen LogP contribution in [0.25, 0.3) is 10.9 Å². The highest BCUT2D eigenvalue weighted by Gasteiger charge is 2.09. The maximum Gasteiger partial charge on any atom is 0.0912 e. The van der Waals surface area contributed by atoms with Crippen molar-refractivity contribution in [3.63, 3.8) is 0 Å². The number of aromatic amines is 1. The van der Waals surface area contributed by atoms with Crippen molar-refractivity contribution in [2.75, 3.05) is 6.54 Å². The minimum absolute atomic E-state index is 0.201. The van der Waals surface area contributed by atoms with Gasteiger partial charge in [0.25, 0.3) is 0 Å². The molecule has 1 aromatic heterocycles. The molecule has 2 rings (SSSR count). The average Bonchev–Trinajstić information content (AvgIpc) is 2.64. The molecular weight excluding hydrogens is 200 g/mol. The first-order valence-electron chi connectivity index (χ1n) is 4.37. The second kappa shape index (κ2) is 3.61. The molecule has 3 nitrogen and oxygen atoms in total. The number of aromatic nitrogens is 1. The Morgan fingerprint density at radius 3 is 3.00 bits per heavy atom. The lowest BCUT2D eigenvalue weighted by molar-refractivity contribution is 0.187. The number of benzene rings is 1. The number of nitrogens with two attached hydrogens (primary N) is 1. The summed E-state index contributed by atoms with van der Waals surface area (Å²) < 4.78 is 0. The SMILES string of the molecule is NCC(O)c1cc(Cl)c2[nH]ccc2c1. The van der Waals surface area contributed by atoms with E-state index in [2.05, 4.69) is 4.98 Å². The Hall–Kier alpha value is -1.03. The van der Waals surface area contributed by atoms with Gasteiger partial charge in [0, 0.05) is 18.1 Å². The molecule has 14 heavy (non-hydrogen) atoms. The summed E-state index contributed by atoms with van der Waals surface area (Å²) in [6.07, 6.45) is 1.17. The largest absolute Gasteiger partial charge is 0.387 e. The summed E-state index contributed by atoms with van der Waals surface area (Å²) in [6, 6.07) is 5.53. The lowest BCUT2D eigenvalue weighted by Gasteiger charge is -2.08. The third-order valence-corrected chi connectivity index (χ3v) is 2.54. The second-order valence-corrected chi connectivity index (χ2v) is 3.60. The van der Waals surface area contributed by atoms with Crippen LogP contribution in [-0.2, 0) is 0 Å². The Balaban J connectivity index is 2.58. The number of rotatable bonds is 2. The van der Waals surface area contributed by atoms with Crippen LogP contribution in [0.2, 0.25) is 5.02 Å². The predicted molar refractivity (Wildman–Crippen MR) is 57.3 cm³/mol. The fraction of sp³-hybridized carbons (Fsp3) is 0.200. The van der Waals surface area contributed by atoms with Crippen LogP contribution < -0.4 is 5.73 Å². The molecule has 0 aliphatic rings. The lowest BCUT2D eigenvalue weighted by atomic mass is 10.1. The Morgan fingerprint density at radius 2 is 2.29 bits per heavy atom. The first kappa shape index (κ1) is 9.52. The Kier molecular flexibility index (Phi) is 2.46. The molecule has 1 aromatic carbocycles. The third-order valence-electron chi connectivity index (χ3n) is 2.24. The molecule has 1 atom stereocenters. The van der Waals surface area contributed by atoms with Crippen molar-refractivity contribution in [1.82, 2.24) is 4.98 Å². The van der Waals surface area contributed by atoms with E-state index in [9.17, 15) is 5.11 Å². The summed E-state index contributed by atoms with van der Waals surface area (Å²) in [5.41, 5.74) is 7.02. The van der Waals surface area contributed by atoms with Crippen LogP contribution in [0.3, 0.4) is 0 Å². The van der Waals surface area contributed by atoms with Crippen LogP contribution in [0.5, 0.6) is 0 Å². The molecule has 0 bridgehead atoms. The van der Waals surface area contributed by atoms with Gasteiger partial charge in [0.05, 0.1) is 16.6 Å². The first-order chi connectivity index (χ1) is 6.72. The molecule has 0 radical (unpaired) electrons. The minimum atomic E-state index is -0.646. The highest BCUT2D eigenvalue weighted by Crippen LogP contribution is 2.26. The summed E-state index contributed by atoms with van der Waals surface area (Å²) in [4.78, 5) is 3.03. The number of H-pyrrole nitrogens is 1. The van der Waals surface area contributed by atoms with Gasteiger partial charge in [-0.2, -0.15) is 0 Å². The Morgan fingerprint density at radius 1 is 1.50 bits per heavy atom. The van der Waals surface area contributed by atoms with Gasteiger partial charge in [0.15, 0.2) is 0 Å². The van der Waals surface area contributed by atoms with E-state index in [4.69, 9.17) is 17.3 Å². The molecule has 2 aromatic rings. The van der Waals surface area contributed by atoms with E-state index in [1.807, 2.05) is 18.3 Å². The van der Waals surface area contributed by atoms with E-state index >= 15 is 0 Å². The predicted octanol–water partition coefficient (Wildman–Crippen LogP) is 1.81. The van der Waals surface area contributed by atoms with Gasteiger partial charge in [-0.25, -0.2) is 0 Å². The van der Waals surface area contributed by atoms with Crippen molar-refractivity contribution in [1.29, 1.82) is 0 Å². The zero-order valence-corrected chi connectivity index (χ0v) is 8.25. The first-order valence-corrected chi connectivity index (χ1v) is 4.75. The summed E-state index contributed by atoms with van der Waals surface area (Å²) in [7, 11) is 0. The number of halogens is 1. The van der Waals surface area contributed by atoms with Crippen LogP contribution in [0.15, 0.2) is 24.4 Å². The van der Waals surface area contributed by atoms with E-state index in [0.717, 1.165) is 16.5 Å². The Labute approximate surface area is 86.5 Å². The fourth-order valence-electron chi connectivity index (χ4n) is 1.48. The van der Waals surface area contributed by atoms with Crippen LogP contribution in [0.1, 0.15) is 11.7 Å². The number of fused-ring (bicyclic) bond motifs is 1. The van der Waals surface area contributed by atoms with Crippen LogP contribution in [0.4, 0.5) is 0 Å². The van der Waals surface area contributed by atoms with E-state index in [1.54, 1.807) is 6.07 Å². The van der Waals surface area contributed by atoms with E-state index in [1.165, 1.54) is 0 Å². The van der Waals surface area contributed by atoms with Crippen LogP contribution in [0, 0.1) is 0 Å². The van der Waals surface area contributed by atoms with Gasteiger partial charge in [0.1, 0.15) is 0 Å². The molecule has 0 amide bonds. The van der Waals surface area contributed by atoms with Crippen molar-refractivity contribution in [3.05, 3.63) is 35.0 Å². The number of nitrogens with one attached hydrogen (secondary N) is 1. The number of aliphatic hydroxyl groups excluding tert-OH is 1. The van der Waals surface area contributed by atoms with Crippen molar-refractivity contribution in [2.24, 2.45) is 5.73 Å². The second-order valence-electron chi connectivity index (χ2n) is 3.20. The lowest BCUT2D eigenvalue weighted by Crippen LogP contribution is -2.11. The van der Waals surface area contributed by atoms with Gasteiger partial charge in [-0.15, -0.1) is 0 Å². The zero-order chi connectivity index (χ0) is 10.1. The van der Waals surface area contributed by atoms with E-state index in [-0.39, 0.29) is 6.54 Å². The van der Waals surface area contributed by atoms with E-state index < -0.39 is 6.10 Å². The molecule has 74 valence electrons. The highest BCUT2D eigenvalue weighted by molar-refractivity contribution is 6.35.